The Labute approximate surface area is 92.5 Å². The fourth-order valence-corrected chi connectivity index (χ4v) is 1.74. The number of benzene rings is 1. The quantitative estimate of drug-likeness (QED) is 0.698. The molecule has 1 aliphatic heterocycles. The second-order valence-corrected chi connectivity index (χ2v) is 4.03. The Morgan fingerprint density at radius 3 is 2.67 bits per heavy atom. The third kappa shape index (κ3) is 2.35. The average Bonchev–Trinajstić information content (AvgIpc) is 2.82. The summed E-state index contributed by atoms with van der Waals surface area (Å²) in [4.78, 5) is 7.30. The van der Waals surface area contributed by atoms with Crippen molar-refractivity contribution in [1.29, 1.82) is 0 Å². The second kappa shape index (κ2) is 4.71. The van der Waals surface area contributed by atoms with Gasteiger partial charge in [-0.05, 0) is 36.4 Å². The Balaban J connectivity index is 2.09. The molecule has 79 valence electrons. The van der Waals surface area contributed by atoms with Gasteiger partial charge in [-0.2, -0.15) is 0 Å². The Morgan fingerprint density at radius 1 is 1.40 bits per heavy atom. The molecule has 0 saturated carbocycles. The third-order valence-corrected chi connectivity index (χ3v) is 2.97. The molecule has 1 saturated heterocycles. The minimum atomic E-state index is 0.641. The first-order chi connectivity index (χ1) is 7.31. The zero-order valence-corrected chi connectivity index (χ0v) is 9.44. The van der Waals surface area contributed by atoms with Gasteiger partial charge in [0.25, 0.3) is 7.41 Å². The summed E-state index contributed by atoms with van der Waals surface area (Å²) in [6, 6.07) is 8.64. The number of nitrogens with zero attached hydrogens (tertiary/aromatic N) is 1. The molecule has 0 aliphatic carbocycles. The molecule has 1 fully saturated rings. The highest BCUT2D eigenvalue weighted by atomic mass is 16.7. The van der Waals surface area contributed by atoms with Gasteiger partial charge in [-0.25, -0.2) is 0 Å². The standard InChI is InChI=1S/C12H17BNO/c1-3-10(2)11-4-6-12(7-5-11)14-13-8-9-15-14/h4-7,10H,3,8-9H2,1-2H3. The molecule has 1 heterocycles. The normalized spacial score (nSPS) is 17.6. The highest BCUT2D eigenvalue weighted by Gasteiger charge is 2.15. The molecule has 1 unspecified atom stereocenters. The van der Waals surface area contributed by atoms with Crippen molar-refractivity contribution in [3.8, 4) is 0 Å². The van der Waals surface area contributed by atoms with Crippen LogP contribution in [-0.2, 0) is 4.84 Å². The van der Waals surface area contributed by atoms with Crippen LogP contribution in [0.3, 0.4) is 0 Å². The predicted octanol–water partition coefficient (Wildman–Crippen LogP) is 2.99. The molecule has 2 rings (SSSR count). The lowest BCUT2D eigenvalue weighted by molar-refractivity contribution is 0.185. The van der Waals surface area contributed by atoms with Crippen LogP contribution in [0.5, 0.6) is 0 Å². The maximum absolute atomic E-state index is 5.44. The Kier molecular flexibility index (Phi) is 3.32. The number of hydrogen-bond donors (Lipinski definition) is 0. The van der Waals surface area contributed by atoms with Gasteiger partial charge in [0.15, 0.2) is 0 Å². The van der Waals surface area contributed by atoms with E-state index in [-0.39, 0.29) is 0 Å². The van der Waals surface area contributed by atoms with Crippen molar-refractivity contribution < 1.29 is 4.84 Å². The Hall–Kier alpha value is -0.955. The maximum atomic E-state index is 5.44. The molecular formula is C12H17BNO. The van der Waals surface area contributed by atoms with Crippen molar-refractivity contribution in [2.24, 2.45) is 0 Å². The van der Waals surface area contributed by atoms with Crippen LogP contribution >= 0.6 is 0 Å². The predicted molar refractivity (Wildman–Crippen MR) is 64.1 cm³/mol. The molecule has 1 aromatic carbocycles. The van der Waals surface area contributed by atoms with E-state index in [0.29, 0.717) is 5.92 Å². The van der Waals surface area contributed by atoms with E-state index in [9.17, 15) is 0 Å². The Bertz CT molecular complexity index is 306. The molecule has 15 heavy (non-hydrogen) atoms. The van der Waals surface area contributed by atoms with Gasteiger partial charge in [-0.3, -0.25) is 4.84 Å². The first-order valence-electron chi connectivity index (χ1n) is 5.66. The van der Waals surface area contributed by atoms with Crippen LogP contribution in [0.4, 0.5) is 5.69 Å². The van der Waals surface area contributed by atoms with E-state index in [2.05, 4.69) is 45.5 Å². The number of rotatable bonds is 3. The van der Waals surface area contributed by atoms with Crippen LogP contribution in [0.2, 0.25) is 6.32 Å². The van der Waals surface area contributed by atoms with Gasteiger partial charge < -0.3 is 4.97 Å². The molecule has 0 amide bonds. The maximum Gasteiger partial charge on any atom is 0.288 e. The van der Waals surface area contributed by atoms with Gasteiger partial charge in [0.05, 0.1) is 6.61 Å². The van der Waals surface area contributed by atoms with Crippen LogP contribution in [0.15, 0.2) is 24.3 Å². The summed E-state index contributed by atoms with van der Waals surface area (Å²) in [6.45, 7) is 5.27. The molecule has 3 heteroatoms. The first kappa shape index (κ1) is 10.6. The summed E-state index contributed by atoms with van der Waals surface area (Å²) >= 11 is 0. The van der Waals surface area contributed by atoms with Gasteiger partial charge >= 0.3 is 0 Å². The fraction of sp³-hybridized carbons (Fsp3) is 0.500. The van der Waals surface area contributed by atoms with Crippen LogP contribution < -0.4 is 4.97 Å². The lowest BCUT2D eigenvalue weighted by atomic mass is 9.90. The summed E-state index contributed by atoms with van der Waals surface area (Å²) in [5.41, 5.74) is 2.53. The zero-order valence-electron chi connectivity index (χ0n) is 9.44. The van der Waals surface area contributed by atoms with Crippen LogP contribution in [0, 0.1) is 0 Å². The molecule has 0 spiro atoms. The number of anilines is 1. The minimum Gasteiger partial charge on any atom is -0.306 e. The molecule has 0 aromatic heterocycles. The van der Waals surface area contributed by atoms with Gasteiger partial charge in [0.2, 0.25) is 0 Å². The second-order valence-electron chi connectivity index (χ2n) is 4.03. The van der Waals surface area contributed by atoms with Gasteiger partial charge in [0, 0.05) is 5.69 Å². The Morgan fingerprint density at radius 2 is 2.13 bits per heavy atom. The van der Waals surface area contributed by atoms with Crippen LogP contribution in [0.25, 0.3) is 0 Å². The molecule has 1 radical (unpaired) electrons. The van der Waals surface area contributed by atoms with Gasteiger partial charge in [-0.15, -0.1) is 0 Å². The minimum absolute atomic E-state index is 0.641. The van der Waals surface area contributed by atoms with Crippen molar-refractivity contribution in [1.82, 2.24) is 0 Å². The van der Waals surface area contributed by atoms with E-state index in [1.54, 1.807) is 0 Å². The summed E-state index contributed by atoms with van der Waals surface area (Å²) in [5, 5.41) is 0. The van der Waals surface area contributed by atoms with E-state index in [1.165, 1.54) is 12.0 Å². The monoisotopic (exact) mass is 202 g/mol. The number of hydrogen-bond acceptors (Lipinski definition) is 2. The van der Waals surface area contributed by atoms with Crippen LogP contribution in [-0.4, -0.2) is 14.0 Å². The topological polar surface area (TPSA) is 12.5 Å². The van der Waals surface area contributed by atoms with Gasteiger partial charge in [-0.1, -0.05) is 26.0 Å². The van der Waals surface area contributed by atoms with E-state index in [1.807, 2.05) is 4.97 Å². The van der Waals surface area contributed by atoms with E-state index < -0.39 is 0 Å². The lowest BCUT2D eigenvalue weighted by Gasteiger charge is -2.17. The molecule has 1 aromatic rings. The molecule has 0 bridgehead atoms. The summed E-state index contributed by atoms with van der Waals surface area (Å²) in [6.07, 6.45) is 2.19. The van der Waals surface area contributed by atoms with Crippen molar-refractivity contribution in [3.05, 3.63) is 29.8 Å². The first-order valence-corrected chi connectivity index (χ1v) is 5.66. The zero-order chi connectivity index (χ0) is 10.7. The summed E-state index contributed by atoms with van der Waals surface area (Å²) in [7, 11) is 2.08. The SMILES string of the molecule is CCC(C)c1ccc(N2[B]CCO2)cc1. The molecule has 2 nitrogen and oxygen atoms in total. The van der Waals surface area contributed by atoms with Gasteiger partial charge in [0.1, 0.15) is 0 Å². The third-order valence-electron chi connectivity index (χ3n) is 2.97. The lowest BCUT2D eigenvalue weighted by Crippen LogP contribution is -2.18. The van der Waals surface area contributed by atoms with Crippen molar-refractivity contribution in [2.75, 3.05) is 11.6 Å². The smallest absolute Gasteiger partial charge is 0.288 e. The van der Waals surface area contributed by atoms with Crippen molar-refractivity contribution in [2.45, 2.75) is 32.5 Å². The molecule has 0 N–H and O–H groups in total. The van der Waals surface area contributed by atoms with E-state index in [0.717, 1.165) is 18.6 Å². The highest BCUT2D eigenvalue weighted by molar-refractivity contribution is 6.41. The molecule has 1 atom stereocenters. The van der Waals surface area contributed by atoms with Crippen LogP contribution in [0.1, 0.15) is 31.7 Å². The largest absolute Gasteiger partial charge is 0.306 e. The highest BCUT2D eigenvalue weighted by Crippen LogP contribution is 2.23. The van der Waals surface area contributed by atoms with E-state index in [4.69, 9.17) is 4.84 Å². The summed E-state index contributed by atoms with van der Waals surface area (Å²) in [5.74, 6) is 0.641. The van der Waals surface area contributed by atoms with Crippen molar-refractivity contribution in [3.63, 3.8) is 0 Å². The molecule has 1 aliphatic rings. The fourth-order valence-electron chi connectivity index (χ4n) is 1.74. The van der Waals surface area contributed by atoms with Crippen molar-refractivity contribution >= 4 is 13.1 Å². The molecular weight excluding hydrogens is 185 g/mol. The van der Waals surface area contributed by atoms with E-state index >= 15 is 0 Å². The summed E-state index contributed by atoms with van der Waals surface area (Å²) < 4.78 is 0. The average molecular weight is 202 g/mol.